The molecule has 2 fully saturated rings. The van der Waals surface area contributed by atoms with Crippen molar-refractivity contribution in [1.29, 1.82) is 0 Å². The maximum atomic E-state index is 13.4. The third kappa shape index (κ3) is 6.15. The lowest BCUT2D eigenvalue weighted by molar-refractivity contribution is -0.126. The van der Waals surface area contributed by atoms with Crippen molar-refractivity contribution in [2.45, 2.75) is 90.0 Å². The Balaban J connectivity index is 1.49. The Kier molecular flexibility index (Phi) is 8.56. The SMILES string of the molecule is Cc1cc(C)c(C)c(S(=O)(=O)N2CCC(C(=O)NCCC(=O)NC3CCCCC3)CC2)c1C. The zero-order valence-corrected chi connectivity index (χ0v) is 21.3. The van der Waals surface area contributed by atoms with E-state index in [1.54, 1.807) is 0 Å². The van der Waals surface area contributed by atoms with E-state index in [1.165, 1.54) is 23.6 Å². The van der Waals surface area contributed by atoms with Gasteiger partial charge < -0.3 is 10.6 Å². The van der Waals surface area contributed by atoms with E-state index in [2.05, 4.69) is 10.6 Å². The van der Waals surface area contributed by atoms with E-state index >= 15 is 0 Å². The molecule has 1 aromatic carbocycles. The summed E-state index contributed by atoms with van der Waals surface area (Å²) in [5, 5.41) is 5.93. The normalized spacial score (nSPS) is 18.8. The topological polar surface area (TPSA) is 95.6 Å². The van der Waals surface area contributed by atoms with Crippen molar-refractivity contribution in [1.82, 2.24) is 14.9 Å². The number of nitrogens with zero attached hydrogens (tertiary/aromatic N) is 1. The third-order valence-electron chi connectivity index (χ3n) is 7.34. The molecule has 1 saturated carbocycles. The van der Waals surface area contributed by atoms with Crippen LogP contribution in [0.2, 0.25) is 0 Å². The predicted molar refractivity (Wildman–Crippen MR) is 130 cm³/mol. The van der Waals surface area contributed by atoms with Crippen LogP contribution < -0.4 is 10.6 Å². The molecule has 0 spiro atoms. The fraction of sp³-hybridized carbons (Fsp3) is 0.680. The maximum absolute atomic E-state index is 13.4. The smallest absolute Gasteiger partial charge is 0.243 e. The van der Waals surface area contributed by atoms with Crippen molar-refractivity contribution in [3.8, 4) is 0 Å². The van der Waals surface area contributed by atoms with Crippen LogP contribution in [0.1, 0.15) is 73.6 Å². The minimum Gasteiger partial charge on any atom is -0.355 e. The molecule has 7 nitrogen and oxygen atoms in total. The van der Waals surface area contributed by atoms with E-state index < -0.39 is 10.0 Å². The molecule has 1 aliphatic carbocycles. The number of benzene rings is 1. The lowest BCUT2D eigenvalue weighted by atomic mass is 9.95. The van der Waals surface area contributed by atoms with E-state index in [1.807, 2.05) is 33.8 Å². The summed E-state index contributed by atoms with van der Waals surface area (Å²) in [6.45, 7) is 8.57. The van der Waals surface area contributed by atoms with Gasteiger partial charge in [-0.15, -0.1) is 0 Å². The lowest BCUT2D eigenvalue weighted by Crippen LogP contribution is -2.44. The Labute approximate surface area is 198 Å². The van der Waals surface area contributed by atoms with E-state index in [0.29, 0.717) is 37.4 Å². The summed E-state index contributed by atoms with van der Waals surface area (Å²) >= 11 is 0. The number of amides is 2. The minimum absolute atomic E-state index is 0.0118. The van der Waals surface area contributed by atoms with Crippen LogP contribution in [0.3, 0.4) is 0 Å². The van der Waals surface area contributed by atoms with Gasteiger partial charge in [-0.05, 0) is 75.6 Å². The highest BCUT2D eigenvalue weighted by Gasteiger charge is 2.34. The molecule has 0 bridgehead atoms. The number of hydrogen-bond donors (Lipinski definition) is 2. The summed E-state index contributed by atoms with van der Waals surface area (Å²) in [6.07, 6.45) is 6.91. The Morgan fingerprint density at radius 1 is 0.939 bits per heavy atom. The van der Waals surface area contributed by atoms with Crippen molar-refractivity contribution in [2.75, 3.05) is 19.6 Å². The van der Waals surface area contributed by atoms with Gasteiger partial charge in [0.2, 0.25) is 21.8 Å². The average Bonchev–Trinajstić information content (AvgIpc) is 2.78. The predicted octanol–water partition coefficient (Wildman–Crippen LogP) is 3.28. The van der Waals surface area contributed by atoms with Gasteiger partial charge in [-0.3, -0.25) is 9.59 Å². The van der Waals surface area contributed by atoms with Gasteiger partial charge in [0.15, 0.2) is 0 Å². The molecule has 0 atom stereocenters. The Hall–Kier alpha value is -1.93. The van der Waals surface area contributed by atoms with E-state index in [0.717, 1.165) is 35.1 Å². The summed E-state index contributed by atoms with van der Waals surface area (Å²) in [5.74, 6) is -0.321. The zero-order chi connectivity index (χ0) is 24.2. The highest BCUT2D eigenvalue weighted by molar-refractivity contribution is 7.89. The van der Waals surface area contributed by atoms with Gasteiger partial charge in [0, 0.05) is 38.0 Å². The molecule has 0 aromatic heterocycles. The fourth-order valence-electron chi connectivity index (χ4n) is 5.05. The molecule has 0 radical (unpaired) electrons. The van der Waals surface area contributed by atoms with Crippen molar-refractivity contribution in [3.63, 3.8) is 0 Å². The number of carbonyl (C=O) groups excluding carboxylic acids is 2. The molecule has 33 heavy (non-hydrogen) atoms. The van der Waals surface area contributed by atoms with Crippen LogP contribution >= 0.6 is 0 Å². The summed E-state index contributed by atoms with van der Waals surface area (Å²) in [5.41, 5.74) is 3.53. The van der Waals surface area contributed by atoms with Crippen LogP contribution in [0.4, 0.5) is 0 Å². The molecule has 184 valence electrons. The monoisotopic (exact) mass is 477 g/mol. The number of hydrogen-bond acceptors (Lipinski definition) is 4. The van der Waals surface area contributed by atoms with Crippen molar-refractivity contribution < 1.29 is 18.0 Å². The van der Waals surface area contributed by atoms with Crippen LogP contribution in [0.15, 0.2) is 11.0 Å². The Morgan fingerprint density at radius 3 is 2.09 bits per heavy atom. The molecule has 2 amide bonds. The van der Waals surface area contributed by atoms with Gasteiger partial charge in [0.1, 0.15) is 0 Å². The first-order valence-corrected chi connectivity index (χ1v) is 13.7. The zero-order valence-electron chi connectivity index (χ0n) is 20.5. The lowest BCUT2D eigenvalue weighted by Gasteiger charge is -2.32. The van der Waals surface area contributed by atoms with Gasteiger partial charge in [0.05, 0.1) is 4.90 Å². The third-order valence-corrected chi connectivity index (χ3v) is 9.51. The molecule has 2 N–H and O–H groups in total. The highest BCUT2D eigenvalue weighted by Crippen LogP contribution is 2.31. The van der Waals surface area contributed by atoms with Gasteiger partial charge in [-0.25, -0.2) is 8.42 Å². The molecule has 3 rings (SSSR count). The van der Waals surface area contributed by atoms with Crippen LogP contribution in [0, 0.1) is 33.6 Å². The molecule has 0 unspecified atom stereocenters. The van der Waals surface area contributed by atoms with Crippen molar-refractivity contribution >= 4 is 21.8 Å². The number of aryl methyl sites for hydroxylation is 2. The average molecular weight is 478 g/mol. The first kappa shape index (κ1) is 25.7. The Bertz CT molecular complexity index is 950. The summed E-state index contributed by atoms with van der Waals surface area (Å²) in [6, 6.07) is 2.30. The van der Waals surface area contributed by atoms with Crippen molar-refractivity contribution in [2.24, 2.45) is 5.92 Å². The first-order chi connectivity index (χ1) is 15.6. The van der Waals surface area contributed by atoms with Crippen LogP contribution in [-0.4, -0.2) is 50.2 Å². The van der Waals surface area contributed by atoms with Gasteiger partial charge in [-0.2, -0.15) is 4.31 Å². The summed E-state index contributed by atoms with van der Waals surface area (Å²) in [4.78, 5) is 25.1. The van der Waals surface area contributed by atoms with Crippen LogP contribution in [-0.2, 0) is 19.6 Å². The standard InChI is InChI=1S/C25H39N3O4S/c1-17-16-18(2)20(4)24(19(17)3)33(31,32)28-14-11-21(12-15-28)25(30)26-13-10-23(29)27-22-8-6-5-7-9-22/h16,21-22H,5-15H2,1-4H3,(H,26,30)(H,27,29). The van der Waals surface area contributed by atoms with E-state index in [4.69, 9.17) is 0 Å². The van der Waals surface area contributed by atoms with Gasteiger partial charge in [-0.1, -0.05) is 25.3 Å². The molecule has 8 heteroatoms. The number of rotatable bonds is 7. The number of nitrogens with one attached hydrogen (secondary N) is 2. The number of piperidine rings is 1. The Morgan fingerprint density at radius 2 is 1.52 bits per heavy atom. The molecule has 1 aliphatic heterocycles. The van der Waals surface area contributed by atoms with Gasteiger partial charge >= 0.3 is 0 Å². The quantitative estimate of drug-likeness (QED) is 0.630. The molecule has 1 aromatic rings. The van der Waals surface area contributed by atoms with Crippen LogP contribution in [0.5, 0.6) is 0 Å². The maximum Gasteiger partial charge on any atom is 0.243 e. The van der Waals surface area contributed by atoms with Gasteiger partial charge in [0.25, 0.3) is 0 Å². The number of carbonyl (C=O) groups is 2. The fourth-order valence-corrected chi connectivity index (χ4v) is 7.09. The molecular weight excluding hydrogens is 438 g/mol. The molecular formula is C25H39N3O4S. The minimum atomic E-state index is -3.61. The molecule has 1 heterocycles. The van der Waals surface area contributed by atoms with E-state index in [-0.39, 0.29) is 30.2 Å². The first-order valence-electron chi connectivity index (χ1n) is 12.3. The summed E-state index contributed by atoms with van der Waals surface area (Å²) in [7, 11) is -3.61. The second-order valence-corrected chi connectivity index (χ2v) is 11.6. The second kappa shape index (κ2) is 11.0. The second-order valence-electron chi connectivity index (χ2n) is 9.71. The molecule has 1 saturated heterocycles. The molecule has 2 aliphatic rings. The van der Waals surface area contributed by atoms with Crippen molar-refractivity contribution in [3.05, 3.63) is 28.3 Å². The van der Waals surface area contributed by atoms with Crippen LogP contribution in [0.25, 0.3) is 0 Å². The number of sulfonamides is 1. The highest BCUT2D eigenvalue weighted by atomic mass is 32.2. The summed E-state index contributed by atoms with van der Waals surface area (Å²) < 4.78 is 28.3. The van der Waals surface area contributed by atoms with E-state index in [9.17, 15) is 18.0 Å². The largest absolute Gasteiger partial charge is 0.355 e.